The highest BCUT2D eigenvalue weighted by atomic mass is 79.9. The summed E-state index contributed by atoms with van der Waals surface area (Å²) in [6.07, 6.45) is 1.10. The van der Waals surface area contributed by atoms with E-state index in [-0.39, 0.29) is 10.8 Å². The highest BCUT2D eigenvalue weighted by Crippen LogP contribution is 2.29. The van der Waals surface area contributed by atoms with Crippen LogP contribution in [-0.2, 0) is 14.8 Å². The van der Waals surface area contributed by atoms with Gasteiger partial charge < -0.3 is 10.1 Å². The molecule has 0 aromatic heterocycles. The minimum absolute atomic E-state index is 0.0665. The summed E-state index contributed by atoms with van der Waals surface area (Å²) in [5.41, 5.74) is 0.847. The molecule has 0 spiro atoms. The maximum absolute atomic E-state index is 12.6. The number of anilines is 2. The molecular formula is C18H21BrN2O4S. The molecule has 1 amide bonds. The summed E-state index contributed by atoms with van der Waals surface area (Å²) in [5, 5.41) is 2.69. The summed E-state index contributed by atoms with van der Waals surface area (Å²) in [4.78, 5) is 11.8. The van der Waals surface area contributed by atoms with Crippen LogP contribution in [-0.4, -0.2) is 20.9 Å². The second kappa shape index (κ2) is 9.05. The van der Waals surface area contributed by atoms with Crippen molar-refractivity contribution in [3.63, 3.8) is 0 Å². The van der Waals surface area contributed by atoms with Crippen molar-refractivity contribution in [2.45, 2.75) is 31.6 Å². The maximum Gasteiger partial charge on any atom is 0.261 e. The zero-order chi connectivity index (χ0) is 19.2. The van der Waals surface area contributed by atoms with Crippen LogP contribution in [0.3, 0.4) is 0 Å². The van der Waals surface area contributed by atoms with Crippen LogP contribution >= 0.6 is 15.9 Å². The summed E-state index contributed by atoms with van der Waals surface area (Å²) in [5.74, 6) is 0.488. The Bertz CT molecular complexity index is 885. The monoisotopic (exact) mass is 440 g/mol. The number of nitrogens with one attached hydrogen (secondary N) is 2. The van der Waals surface area contributed by atoms with Gasteiger partial charge >= 0.3 is 0 Å². The van der Waals surface area contributed by atoms with Crippen molar-refractivity contribution in [1.82, 2.24) is 0 Å². The molecule has 0 heterocycles. The van der Waals surface area contributed by atoms with Crippen LogP contribution in [0.2, 0.25) is 0 Å². The number of rotatable bonds is 8. The lowest BCUT2D eigenvalue weighted by Crippen LogP contribution is -2.14. The lowest BCUT2D eigenvalue weighted by atomic mass is 10.3. The van der Waals surface area contributed by atoms with E-state index in [1.54, 1.807) is 30.3 Å². The number of sulfonamides is 1. The summed E-state index contributed by atoms with van der Waals surface area (Å²) >= 11 is 3.36. The molecule has 26 heavy (non-hydrogen) atoms. The Kier molecular flexibility index (Phi) is 7.05. The second-order valence-electron chi connectivity index (χ2n) is 5.51. The molecule has 0 aliphatic carbocycles. The molecule has 0 saturated carbocycles. The van der Waals surface area contributed by atoms with Crippen molar-refractivity contribution in [2.75, 3.05) is 16.6 Å². The van der Waals surface area contributed by atoms with E-state index in [1.165, 1.54) is 12.1 Å². The molecule has 0 aliphatic rings. The number of carbonyl (C=O) groups is 1. The van der Waals surface area contributed by atoms with Crippen LogP contribution in [0.1, 0.15) is 26.7 Å². The van der Waals surface area contributed by atoms with Crippen LogP contribution in [0.5, 0.6) is 5.75 Å². The van der Waals surface area contributed by atoms with Crippen LogP contribution in [0.15, 0.2) is 51.8 Å². The van der Waals surface area contributed by atoms with E-state index in [0.29, 0.717) is 34.6 Å². The van der Waals surface area contributed by atoms with Gasteiger partial charge in [-0.3, -0.25) is 9.52 Å². The van der Waals surface area contributed by atoms with Gasteiger partial charge in [0, 0.05) is 12.1 Å². The maximum atomic E-state index is 12.6. The molecule has 2 N–H and O–H groups in total. The Morgan fingerprint density at radius 2 is 1.88 bits per heavy atom. The first kappa shape index (κ1) is 20.3. The highest BCUT2D eigenvalue weighted by molar-refractivity contribution is 9.10. The van der Waals surface area contributed by atoms with Gasteiger partial charge in [0.25, 0.3) is 10.0 Å². The quantitative estimate of drug-likeness (QED) is 0.637. The van der Waals surface area contributed by atoms with E-state index in [9.17, 15) is 13.2 Å². The average Bonchev–Trinajstić information content (AvgIpc) is 2.57. The van der Waals surface area contributed by atoms with E-state index in [1.807, 2.05) is 13.8 Å². The number of hydrogen-bond acceptors (Lipinski definition) is 4. The molecule has 8 heteroatoms. The van der Waals surface area contributed by atoms with Gasteiger partial charge in [-0.25, -0.2) is 8.42 Å². The van der Waals surface area contributed by atoms with Gasteiger partial charge in [0.05, 0.1) is 21.7 Å². The number of amides is 1. The van der Waals surface area contributed by atoms with E-state index in [2.05, 4.69) is 26.0 Å². The summed E-state index contributed by atoms with van der Waals surface area (Å²) in [6.45, 7) is 4.29. The molecule has 0 fully saturated rings. The van der Waals surface area contributed by atoms with Crippen molar-refractivity contribution in [3.05, 3.63) is 46.9 Å². The summed E-state index contributed by atoms with van der Waals surface area (Å²) < 4.78 is 33.8. The molecule has 140 valence electrons. The van der Waals surface area contributed by atoms with Crippen LogP contribution in [0.25, 0.3) is 0 Å². The van der Waals surface area contributed by atoms with Gasteiger partial charge in [0.15, 0.2) is 0 Å². The van der Waals surface area contributed by atoms with E-state index < -0.39 is 10.0 Å². The van der Waals surface area contributed by atoms with Gasteiger partial charge in [-0.2, -0.15) is 0 Å². The van der Waals surface area contributed by atoms with E-state index in [0.717, 1.165) is 6.42 Å². The van der Waals surface area contributed by atoms with Gasteiger partial charge in [-0.1, -0.05) is 13.0 Å². The van der Waals surface area contributed by atoms with Gasteiger partial charge in [0.2, 0.25) is 5.91 Å². The van der Waals surface area contributed by atoms with E-state index in [4.69, 9.17) is 4.74 Å². The minimum Gasteiger partial charge on any atom is -0.493 e. The highest BCUT2D eigenvalue weighted by Gasteiger charge is 2.16. The Morgan fingerprint density at radius 3 is 2.54 bits per heavy atom. The second-order valence-corrected chi connectivity index (χ2v) is 8.05. The van der Waals surface area contributed by atoms with E-state index >= 15 is 0 Å². The smallest absolute Gasteiger partial charge is 0.261 e. The number of carbonyl (C=O) groups excluding carboxylic acids is 1. The molecule has 2 aromatic rings. The molecule has 0 unspecified atom stereocenters. The summed E-state index contributed by atoms with van der Waals surface area (Å²) in [7, 11) is -3.79. The third-order valence-electron chi connectivity index (χ3n) is 3.39. The van der Waals surface area contributed by atoms with Crippen LogP contribution < -0.4 is 14.8 Å². The van der Waals surface area contributed by atoms with Crippen molar-refractivity contribution >= 4 is 43.2 Å². The fraction of sp³-hybridized carbons (Fsp3) is 0.278. The molecule has 2 rings (SSSR count). The van der Waals surface area contributed by atoms with Crippen molar-refractivity contribution < 1.29 is 17.9 Å². The zero-order valence-electron chi connectivity index (χ0n) is 14.6. The van der Waals surface area contributed by atoms with Gasteiger partial charge in [-0.05, 0) is 65.7 Å². The topological polar surface area (TPSA) is 84.5 Å². The molecule has 2 aromatic carbocycles. The van der Waals surface area contributed by atoms with Crippen molar-refractivity contribution in [3.8, 4) is 5.75 Å². The lowest BCUT2D eigenvalue weighted by molar-refractivity contribution is -0.116. The molecular weight excluding hydrogens is 420 g/mol. The molecule has 0 atom stereocenters. The Hall–Kier alpha value is -2.06. The average molecular weight is 441 g/mol. The Labute approximate surface area is 162 Å². The largest absolute Gasteiger partial charge is 0.493 e. The number of benzene rings is 2. The fourth-order valence-electron chi connectivity index (χ4n) is 2.24. The normalized spacial score (nSPS) is 11.0. The molecule has 0 aliphatic heterocycles. The molecule has 0 radical (unpaired) electrons. The Balaban J connectivity index is 2.19. The number of ether oxygens (including phenoxy) is 1. The third-order valence-corrected chi connectivity index (χ3v) is 5.39. The minimum atomic E-state index is -3.79. The predicted molar refractivity (Wildman–Crippen MR) is 106 cm³/mol. The SMILES string of the molecule is CCCC(=O)Nc1cccc(S(=O)(=O)Nc2ccc(OCC)c(Br)c2)c1. The van der Waals surface area contributed by atoms with Crippen molar-refractivity contribution in [1.29, 1.82) is 0 Å². The van der Waals surface area contributed by atoms with Crippen LogP contribution in [0.4, 0.5) is 11.4 Å². The first-order valence-corrected chi connectivity index (χ1v) is 10.5. The third kappa shape index (κ3) is 5.47. The first-order chi connectivity index (χ1) is 12.4. The zero-order valence-corrected chi connectivity index (χ0v) is 17.0. The molecule has 0 saturated heterocycles. The first-order valence-electron chi connectivity index (χ1n) is 8.20. The number of halogens is 1. The van der Waals surface area contributed by atoms with Gasteiger partial charge in [0.1, 0.15) is 5.75 Å². The lowest BCUT2D eigenvalue weighted by Gasteiger charge is -2.12. The standard InChI is InChI=1S/C18H21BrN2O4S/c1-3-6-18(22)20-13-7-5-8-15(11-13)26(23,24)21-14-9-10-17(25-4-2)16(19)12-14/h5,7-12,21H,3-4,6H2,1-2H3,(H,20,22). The number of hydrogen-bond donors (Lipinski definition) is 2. The van der Waals surface area contributed by atoms with Crippen LogP contribution in [0, 0.1) is 0 Å². The molecule has 6 nitrogen and oxygen atoms in total. The fourth-order valence-corrected chi connectivity index (χ4v) is 3.83. The summed E-state index contributed by atoms with van der Waals surface area (Å²) in [6, 6.07) is 11.1. The predicted octanol–water partition coefficient (Wildman–Crippen LogP) is 4.39. The molecule has 0 bridgehead atoms. The van der Waals surface area contributed by atoms with Crippen molar-refractivity contribution in [2.24, 2.45) is 0 Å². The van der Waals surface area contributed by atoms with Gasteiger partial charge in [-0.15, -0.1) is 0 Å². The Morgan fingerprint density at radius 1 is 1.12 bits per heavy atom.